The monoisotopic (exact) mass is 460 g/mol. The van der Waals surface area contributed by atoms with Gasteiger partial charge in [0.15, 0.2) is 0 Å². The molecule has 1 aromatic heterocycles. The summed E-state index contributed by atoms with van der Waals surface area (Å²) in [4.78, 5) is 26.9. The minimum atomic E-state index is -4.58. The number of aromatic nitrogens is 2. The summed E-state index contributed by atoms with van der Waals surface area (Å²) < 4.78 is 68.1. The number of likely N-dealkylation sites (tertiary alicyclic amines) is 1. The normalized spacial score (nSPS) is 19.5. The summed E-state index contributed by atoms with van der Waals surface area (Å²) in [5.74, 6) is -3.93. The van der Waals surface area contributed by atoms with Crippen molar-refractivity contribution < 1.29 is 26.7 Å². The lowest BCUT2D eigenvalue weighted by molar-refractivity contribution is -0.137. The van der Waals surface area contributed by atoms with Crippen LogP contribution in [0.2, 0.25) is 0 Å². The zero-order valence-electron chi connectivity index (χ0n) is 18.0. The highest BCUT2D eigenvalue weighted by Crippen LogP contribution is 2.32. The molecule has 2 aromatic rings. The van der Waals surface area contributed by atoms with Crippen LogP contribution in [0.3, 0.4) is 0 Å². The molecule has 1 aliphatic rings. The number of nitrogens with zero attached hydrogens (tertiary/aromatic N) is 3. The van der Waals surface area contributed by atoms with Gasteiger partial charge in [0.25, 0.3) is 11.5 Å². The molecule has 0 bridgehead atoms. The van der Waals surface area contributed by atoms with E-state index in [1.54, 1.807) is 20.8 Å². The van der Waals surface area contributed by atoms with E-state index in [-0.39, 0.29) is 35.5 Å². The fourth-order valence-corrected chi connectivity index (χ4v) is 3.96. The van der Waals surface area contributed by atoms with Gasteiger partial charge in [-0.15, -0.1) is 0 Å². The fourth-order valence-electron chi connectivity index (χ4n) is 3.96. The Morgan fingerprint density at radius 2 is 1.97 bits per heavy atom. The predicted molar refractivity (Wildman–Crippen MR) is 109 cm³/mol. The van der Waals surface area contributed by atoms with Crippen molar-refractivity contribution in [2.24, 2.45) is 0 Å². The molecule has 1 amide bonds. The van der Waals surface area contributed by atoms with Crippen molar-refractivity contribution in [2.75, 3.05) is 19.6 Å². The van der Waals surface area contributed by atoms with E-state index in [1.807, 2.05) is 0 Å². The third kappa shape index (κ3) is 5.25. The molecule has 0 unspecified atom stereocenters. The van der Waals surface area contributed by atoms with Crippen LogP contribution in [0.4, 0.5) is 22.0 Å². The summed E-state index contributed by atoms with van der Waals surface area (Å²) in [5.41, 5.74) is -1.39. The lowest BCUT2D eigenvalue weighted by atomic mass is 10.0. The van der Waals surface area contributed by atoms with Crippen LogP contribution >= 0.6 is 0 Å². The number of carbonyl (C=O) groups excluding carboxylic acids is 1. The van der Waals surface area contributed by atoms with Crippen LogP contribution in [0.5, 0.6) is 0 Å². The average Bonchev–Trinajstić information content (AvgIpc) is 2.67. The van der Waals surface area contributed by atoms with Gasteiger partial charge in [-0.1, -0.05) is 20.8 Å². The molecule has 0 aliphatic carbocycles. The highest BCUT2D eigenvalue weighted by Gasteiger charge is 2.40. The minimum absolute atomic E-state index is 0.00542. The van der Waals surface area contributed by atoms with Crippen molar-refractivity contribution in [1.82, 2.24) is 20.0 Å². The molecular weight excluding hydrogens is 435 g/mol. The van der Waals surface area contributed by atoms with E-state index < -0.39 is 48.1 Å². The molecule has 11 heteroatoms. The lowest BCUT2D eigenvalue weighted by Crippen LogP contribution is -2.55. The standard InChI is InChI=1S/C21H25F5N4O2/c1-4-29-9-14(8-20(22,23)11-29)27-17(31)10-30-19(32)15-6-5-13(21(24,25)26)7-16(15)18(28-30)12(2)3/h5-7,12,14H,4,8-11H2,1-3H3,(H,27,31)/t14-/m0/s1. The number of benzene rings is 1. The zero-order chi connectivity index (χ0) is 23.8. The van der Waals surface area contributed by atoms with Crippen LogP contribution in [-0.4, -0.2) is 52.2 Å². The zero-order valence-corrected chi connectivity index (χ0v) is 18.0. The molecule has 1 fully saturated rings. The van der Waals surface area contributed by atoms with Crippen LogP contribution in [0, 0.1) is 0 Å². The third-order valence-corrected chi connectivity index (χ3v) is 5.45. The second kappa shape index (κ2) is 8.76. The Morgan fingerprint density at radius 1 is 1.28 bits per heavy atom. The number of carbonyl (C=O) groups is 1. The summed E-state index contributed by atoms with van der Waals surface area (Å²) in [6.45, 7) is 4.93. The summed E-state index contributed by atoms with van der Waals surface area (Å²) in [6.07, 6.45) is -5.08. The Morgan fingerprint density at radius 3 is 2.56 bits per heavy atom. The summed E-state index contributed by atoms with van der Waals surface area (Å²) >= 11 is 0. The first-order chi connectivity index (χ1) is 14.8. The largest absolute Gasteiger partial charge is 0.416 e. The molecule has 3 rings (SSSR count). The highest BCUT2D eigenvalue weighted by atomic mass is 19.4. The first kappa shape index (κ1) is 24.1. The van der Waals surface area contributed by atoms with Crippen molar-refractivity contribution in [2.45, 2.75) is 57.8 Å². The molecule has 1 N–H and O–H groups in total. The number of halogens is 5. The van der Waals surface area contributed by atoms with Gasteiger partial charge in [-0.3, -0.25) is 14.5 Å². The molecule has 1 aromatic carbocycles. The maximum atomic E-state index is 13.9. The minimum Gasteiger partial charge on any atom is -0.350 e. The number of amides is 1. The number of hydrogen-bond acceptors (Lipinski definition) is 4. The Labute approximate surface area is 181 Å². The quantitative estimate of drug-likeness (QED) is 0.695. The van der Waals surface area contributed by atoms with E-state index in [4.69, 9.17) is 0 Å². The summed E-state index contributed by atoms with van der Waals surface area (Å²) in [5, 5.41) is 6.74. The van der Waals surface area contributed by atoms with Gasteiger partial charge in [0.1, 0.15) is 6.54 Å². The van der Waals surface area contributed by atoms with Crippen molar-refractivity contribution in [3.8, 4) is 0 Å². The summed E-state index contributed by atoms with van der Waals surface area (Å²) in [6, 6.07) is 1.97. The van der Waals surface area contributed by atoms with Crippen molar-refractivity contribution in [3.63, 3.8) is 0 Å². The van der Waals surface area contributed by atoms with Crippen LogP contribution in [0.25, 0.3) is 10.8 Å². The Balaban J connectivity index is 1.89. The van der Waals surface area contributed by atoms with Crippen LogP contribution in [0.15, 0.2) is 23.0 Å². The number of piperidine rings is 1. The molecular formula is C21H25F5N4O2. The van der Waals surface area contributed by atoms with Gasteiger partial charge < -0.3 is 5.32 Å². The van der Waals surface area contributed by atoms with E-state index in [9.17, 15) is 31.5 Å². The van der Waals surface area contributed by atoms with E-state index in [0.29, 0.717) is 6.54 Å². The van der Waals surface area contributed by atoms with Gasteiger partial charge in [0.05, 0.1) is 23.2 Å². The number of likely N-dealkylation sites (N-methyl/N-ethyl adjacent to an activating group) is 1. The van der Waals surface area contributed by atoms with Crippen molar-refractivity contribution in [3.05, 3.63) is 39.8 Å². The first-order valence-corrected chi connectivity index (χ1v) is 10.3. The molecule has 0 radical (unpaired) electrons. The molecule has 176 valence electrons. The van der Waals surface area contributed by atoms with Crippen LogP contribution in [-0.2, 0) is 17.5 Å². The maximum Gasteiger partial charge on any atom is 0.416 e. The second-order valence-corrected chi connectivity index (χ2v) is 8.41. The Bertz CT molecular complexity index is 1060. The lowest BCUT2D eigenvalue weighted by Gasteiger charge is -2.37. The smallest absolute Gasteiger partial charge is 0.350 e. The number of nitrogens with one attached hydrogen (secondary N) is 1. The third-order valence-electron chi connectivity index (χ3n) is 5.45. The van der Waals surface area contributed by atoms with Gasteiger partial charge >= 0.3 is 6.18 Å². The van der Waals surface area contributed by atoms with Crippen LogP contribution in [0.1, 0.15) is 44.4 Å². The molecule has 1 aliphatic heterocycles. The van der Waals surface area contributed by atoms with E-state index in [2.05, 4.69) is 10.4 Å². The van der Waals surface area contributed by atoms with E-state index in [0.717, 1.165) is 22.9 Å². The molecule has 6 nitrogen and oxygen atoms in total. The van der Waals surface area contributed by atoms with Gasteiger partial charge in [-0.05, 0) is 30.7 Å². The number of alkyl halides is 5. The van der Waals surface area contributed by atoms with E-state index >= 15 is 0 Å². The molecule has 1 atom stereocenters. The van der Waals surface area contributed by atoms with Crippen LogP contribution < -0.4 is 10.9 Å². The Hall–Kier alpha value is -2.56. The number of fused-ring (bicyclic) bond motifs is 1. The number of hydrogen-bond donors (Lipinski definition) is 1. The molecule has 0 saturated carbocycles. The Kier molecular flexibility index (Phi) is 6.60. The van der Waals surface area contributed by atoms with Gasteiger partial charge in [-0.25, -0.2) is 13.5 Å². The van der Waals surface area contributed by atoms with Gasteiger partial charge in [0, 0.05) is 24.4 Å². The first-order valence-electron chi connectivity index (χ1n) is 10.3. The maximum absolute atomic E-state index is 13.9. The van der Waals surface area contributed by atoms with Crippen molar-refractivity contribution >= 4 is 16.7 Å². The molecule has 1 saturated heterocycles. The second-order valence-electron chi connectivity index (χ2n) is 8.41. The molecule has 32 heavy (non-hydrogen) atoms. The number of rotatable bonds is 5. The van der Waals surface area contributed by atoms with E-state index in [1.165, 1.54) is 4.90 Å². The van der Waals surface area contributed by atoms with Gasteiger partial charge in [-0.2, -0.15) is 18.3 Å². The topological polar surface area (TPSA) is 67.2 Å². The SMILES string of the molecule is CCN1C[C@@H](NC(=O)Cn2nc(C(C)C)c3cc(C(F)(F)F)ccc3c2=O)CC(F)(F)C1. The predicted octanol–water partition coefficient (Wildman–Crippen LogP) is 3.38. The van der Waals surface area contributed by atoms with Crippen molar-refractivity contribution in [1.29, 1.82) is 0 Å². The fraction of sp³-hybridized carbons (Fsp3) is 0.571. The molecule has 0 spiro atoms. The summed E-state index contributed by atoms with van der Waals surface area (Å²) in [7, 11) is 0. The highest BCUT2D eigenvalue weighted by molar-refractivity contribution is 5.85. The van der Waals surface area contributed by atoms with Gasteiger partial charge in [0.2, 0.25) is 5.91 Å². The average molecular weight is 460 g/mol. The molecule has 2 heterocycles.